The van der Waals surface area contributed by atoms with Gasteiger partial charge in [-0.2, -0.15) is 0 Å². The van der Waals surface area contributed by atoms with E-state index in [9.17, 15) is 9.59 Å². The minimum Gasteiger partial charge on any atom is -0.478 e. The third-order valence-electron chi connectivity index (χ3n) is 2.02. The molecule has 0 aromatic heterocycles. The van der Waals surface area contributed by atoms with Crippen molar-refractivity contribution in [3.63, 3.8) is 0 Å². The summed E-state index contributed by atoms with van der Waals surface area (Å²) in [6.45, 7) is 3.52. The van der Waals surface area contributed by atoms with Crippen molar-refractivity contribution in [3.05, 3.63) is 40.9 Å². The predicted molar refractivity (Wildman–Crippen MR) is 69.6 cm³/mol. The van der Waals surface area contributed by atoms with E-state index in [0.717, 1.165) is 4.47 Å². The van der Waals surface area contributed by atoms with E-state index in [1.807, 2.05) is 0 Å². The van der Waals surface area contributed by atoms with Crippen LogP contribution in [0.1, 0.15) is 6.42 Å². The highest BCUT2D eigenvalue weighted by atomic mass is 79.9. The summed E-state index contributed by atoms with van der Waals surface area (Å²) in [6.07, 6.45) is -0.458. The second-order valence-corrected chi connectivity index (χ2v) is 4.34. The number of carbonyl (C=O) groups excluding carboxylic acids is 1. The number of aliphatic carboxylic acids is 1. The summed E-state index contributed by atoms with van der Waals surface area (Å²) in [5, 5.41) is 11.0. The second-order valence-electron chi connectivity index (χ2n) is 3.43. The molecule has 2 N–H and O–H groups in total. The van der Waals surface area contributed by atoms with Crippen LogP contribution in [0.25, 0.3) is 0 Å². The van der Waals surface area contributed by atoms with Gasteiger partial charge in [0.15, 0.2) is 0 Å². The van der Waals surface area contributed by atoms with Crippen molar-refractivity contribution in [2.45, 2.75) is 6.42 Å². The average molecular weight is 314 g/mol. The Balaban J connectivity index is 2.32. The van der Waals surface area contributed by atoms with Gasteiger partial charge in [-0.25, -0.2) is 9.59 Å². The Kier molecular flexibility index (Phi) is 5.38. The van der Waals surface area contributed by atoms with Crippen molar-refractivity contribution in [1.82, 2.24) is 5.32 Å². The number of benzene rings is 1. The second kappa shape index (κ2) is 6.80. The van der Waals surface area contributed by atoms with Crippen LogP contribution in [0.2, 0.25) is 0 Å². The number of halogens is 1. The van der Waals surface area contributed by atoms with E-state index in [1.54, 1.807) is 24.3 Å². The summed E-state index contributed by atoms with van der Waals surface area (Å²) in [5.41, 5.74) is 0.0407. The van der Waals surface area contributed by atoms with Crippen molar-refractivity contribution in [1.29, 1.82) is 0 Å². The molecule has 0 radical (unpaired) electrons. The normalized spacial score (nSPS) is 9.61. The van der Waals surface area contributed by atoms with E-state index in [0.29, 0.717) is 5.75 Å². The zero-order valence-electron chi connectivity index (χ0n) is 9.48. The summed E-state index contributed by atoms with van der Waals surface area (Å²) < 4.78 is 5.85. The topological polar surface area (TPSA) is 75.6 Å². The van der Waals surface area contributed by atoms with Crippen molar-refractivity contribution < 1.29 is 19.4 Å². The molecule has 1 aromatic rings. The molecule has 6 heteroatoms. The minimum absolute atomic E-state index is 0.0407. The number of amides is 1. The molecule has 0 fully saturated rings. The Hall–Kier alpha value is -1.82. The maximum atomic E-state index is 11.3. The van der Waals surface area contributed by atoms with E-state index in [2.05, 4.69) is 27.8 Å². The lowest BCUT2D eigenvalue weighted by molar-refractivity contribution is -0.132. The molecule has 0 atom stereocenters. The van der Waals surface area contributed by atoms with Gasteiger partial charge in [0.1, 0.15) is 5.75 Å². The highest BCUT2D eigenvalue weighted by Crippen LogP contribution is 2.16. The van der Waals surface area contributed by atoms with Crippen molar-refractivity contribution >= 4 is 28.0 Å². The van der Waals surface area contributed by atoms with Crippen molar-refractivity contribution in [3.8, 4) is 5.75 Å². The number of hydrogen-bond donors (Lipinski definition) is 2. The van der Waals surface area contributed by atoms with Gasteiger partial charge in [-0.3, -0.25) is 0 Å². The summed E-state index contributed by atoms with van der Waals surface area (Å²) in [6, 6.07) is 6.77. The van der Waals surface area contributed by atoms with Gasteiger partial charge < -0.3 is 15.2 Å². The summed E-state index contributed by atoms with van der Waals surface area (Å²) in [4.78, 5) is 21.8. The molecule has 0 spiro atoms. The van der Waals surface area contributed by atoms with Gasteiger partial charge in [-0.05, 0) is 30.7 Å². The smallest absolute Gasteiger partial charge is 0.412 e. The Morgan fingerprint density at radius 3 is 2.50 bits per heavy atom. The molecule has 0 bridgehead atoms. The fourth-order valence-electron chi connectivity index (χ4n) is 1.07. The van der Waals surface area contributed by atoms with Crippen LogP contribution in [0.5, 0.6) is 5.75 Å². The van der Waals surface area contributed by atoms with Gasteiger partial charge in [0, 0.05) is 16.6 Å². The number of hydrogen-bond acceptors (Lipinski definition) is 3. The molecule has 0 aliphatic rings. The first kappa shape index (κ1) is 14.2. The van der Waals surface area contributed by atoms with Crippen LogP contribution in [0.3, 0.4) is 0 Å². The van der Waals surface area contributed by atoms with Gasteiger partial charge in [0.05, 0.1) is 0 Å². The standard InChI is InChI=1S/C12H12BrNO4/c1-8(11(15)16)6-7-14-12(17)18-10-4-2-9(13)3-5-10/h2-5H,1,6-7H2,(H,14,17)(H,15,16). The fourth-order valence-corrected chi connectivity index (χ4v) is 1.33. The SMILES string of the molecule is C=C(CCNC(=O)Oc1ccc(Br)cc1)C(=O)O. The largest absolute Gasteiger partial charge is 0.478 e. The zero-order valence-corrected chi connectivity index (χ0v) is 11.1. The van der Waals surface area contributed by atoms with Crippen LogP contribution >= 0.6 is 15.9 Å². The summed E-state index contributed by atoms with van der Waals surface area (Å²) in [5.74, 6) is -0.661. The van der Waals surface area contributed by atoms with Gasteiger partial charge in [-0.1, -0.05) is 22.5 Å². The molecule has 0 aliphatic carbocycles. The van der Waals surface area contributed by atoms with E-state index in [1.165, 1.54) is 0 Å². The molecule has 1 amide bonds. The molecule has 0 aliphatic heterocycles. The van der Waals surface area contributed by atoms with Crippen LogP contribution in [-0.2, 0) is 4.79 Å². The van der Waals surface area contributed by atoms with Gasteiger partial charge >= 0.3 is 12.1 Å². The predicted octanol–water partition coefficient (Wildman–Crippen LogP) is 2.57. The Morgan fingerprint density at radius 1 is 1.33 bits per heavy atom. The number of carboxylic acids is 1. The molecule has 0 saturated carbocycles. The Bertz CT molecular complexity index is 456. The summed E-state index contributed by atoms with van der Waals surface area (Å²) >= 11 is 3.26. The van der Waals surface area contributed by atoms with Gasteiger partial charge in [0.2, 0.25) is 0 Å². The van der Waals surface area contributed by atoms with Crippen LogP contribution in [0, 0.1) is 0 Å². The maximum absolute atomic E-state index is 11.3. The minimum atomic E-state index is -1.07. The first-order valence-corrected chi connectivity index (χ1v) is 5.90. The number of carbonyl (C=O) groups is 2. The monoisotopic (exact) mass is 313 g/mol. The number of nitrogens with one attached hydrogen (secondary N) is 1. The highest BCUT2D eigenvalue weighted by molar-refractivity contribution is 9.10. The van der Waals surface area contributed by atoms with Crippen LogP contribution in [0.4, 0.5) is 4.79 Å². The third kappa shape index (κ3) is 5.01. The summed E-state index contributed by atoms with van der Waals surface area (Å²) in [7, 11) is 0. The van der Waals surface area contributed by atoms with Crippen LogP contribution in [-0.4, -0.2) is 23.7 Å². The van der Waals surface area contributed by atoms with E-state index in [-0.39, 0.29) is 18.5 Å². The van der Waals surface area contributed by atoms with E-state index >= 15 is 0 Å². The van der Waals surface area contributed by atoms with Crippen molar-refractivity contribution in [2.24, 2.45) is 0 Å². The zero-order chi connectivity index (χ0) is 13.5. The van der Waals surface area contributed by atoms with Crippen LogP contribution in [0.15, 0.2) is 40.9 Å². The lowest BCUT2D eigenvalue weighted by Gasteiger charge is -2.06. The molecular weight excluding hydrogens is 302 g/mol. The number of carboxylic acid groups (broad SMARTS) is 1. The lowest BCUT2D eigenvalue weighted by Crippen LogP contribution is -2.28. The third-order valence-corrected chi connectivity index (χ3v) is 2.55. The van der Waals surface area contributed by atoms with Crippen LogP contribution < -0.4 is 10.1 Å². The molecular formula is C12H12BrNO4. The maximum Gasteiger partial charge on any atom is 0.412 e. The number of rotatable bonds is 5. The fraction of sp³-hybridized carbons (Fsp3) is 0.167. The van der Waals surface area contributed by atoms with Crippen molar-refractivity contribution in [2.75, 3.05) is 6.54 Å². The molecule has 1 aromatic carbocycles. The Morgan fingerprint density at radius 2 is 1.94 bits per heavy atom. The average Bonchev–Trinajstić information content (AvgIpc) is 2.32. The molecule has 0 unspecified atom stereocenters. The highest BCUT2D eigenvalue weighted by Gasteiger charge is 2.06. The molecule has 96 valence electrons. The van der Waals surface area contributed by atoms with Gasteiger partial charge in [0.25, 0.3) is 0 Å². The van der Waals surface area contributed by atoms with E-state index in [4.69, 9.17) is 9.84 Å². The molecule has 1 rings (SSSR count). The van der Waals surface area contributed by atoms with E-state index < -0.39 is 12.1 Å². The lowest BCUT2D eigenvalue weighted by atomic mass is 10.2. The molecule has 0 saturated heterocycles. The Labute approximate surface area is 113 Å². The molecule has 5 nitrogen and oxygen atoms in total. The number of ether oxygens (including phenoxy) is 1. The van der Waals surface area contributed by atoms with Gasteiger partial charge in [-0.15, -0.1) is 0 Å². The first-order chi connectivity index (χ1) is 8.49. The molecule has 0 heterocycles. The quantitative estimate of drug-likeness (QED) is 0.819. The first-order valence-electron chi connectivity index (χ1n) is 5.11. The molecule has 18 heavy (non-hydrogen) atoms.